The molecule has 6 heteroatoms. The van der Waals surface area contributed by atoms with Gasteiger partial charge in [0.1, 0.15) is 11.9 Å². The standard InChI is InChI=1S/C13H16N2O3S/c1-8-6-10(15-18-8)13(16)14-7-11(17-3)12-5-4-9(2)19-12/h4-6,11H,7H2,1-3H3,(H,14,16). The predicted octanol–water partition coefficient (Wildman–Crippen LogP) is 2.47. The first-order valence-corrected chi connectivity index (χ1v) is 6.72. The van der Waals surface area contributed by atoms with Crippen LogP contribution in [0.2, 0.25) is 0 Å². The second-order valence-corrected chi connectivity index (χ2v) is 5.53. The van der Waals surface area contributed by atoms with Crippen LogP contribution < -0.4 is 5.32 Å². The summed E-state index contributed by atoms with van der Waals surface area (Å²) in [5, 5.41) is 6.46. The van der Waals surface area contributed by atoms with Crippen molar-refractivity contribution in [2.45, 2.75) is 20.0 Å². The maximum Gasteiger partial charge on any atom is 0.273 e. The molecule has 1 amide bonds. The fraction of sp³-hybridized carbons (Fsp3) is 0.385. The van der Waals surface area contributed by atoms with Crippen LogP contribution >= 0.6 is 11.3 Å². The zero-order chi connectivity index (χ0) is 13.8. The molecule has 1 unspecified atom stereocenters. The van der Waals surface area contributed by atoms with Crippen molar-refractivity contribution in [1.29, 1.82) is 0 Å². The number of amides is 1. The van der Waals surface area contributed by atoms with Gasteiger partial charge >= 0.3 is 0 Å². The Kier molecular flexibility index (Phi) is 4.34. The van der Waals surface area contributed by atoms with E-state index in [9.17, 15) is 4.79 Å². The minimum atomic E-state index is -0.257. The van der Waals surface area contributed by atoms with Crippen molar-refractivity contribution < 1.29 is 14.1 Å². The van der Waals surface area contributed by atoms with E-state index in [4.69, 9.17) is 9.26 Å². The molecule has 0 bridgehead atoms. The van der Waals surface area contributed by atoms with E-state index in [1.165, 1.54) is 4.88 Å². The van der Waals surface area contributed by atoms with Crippen LogP contribution in [0, 0.1) is 13.8 Å². The van der Waals surface area contributed by atoms with Gasteiger partial charge in [-0.3, -0.25) is 4.79 Å². The highest BCUT2D eigenvalue weighted by Crippen LogP contribution is 2.24. The number of ether oxygens (including phenoxy) is 1. The Labute approximate surface area is 115 Å². The molecule has 0 aliphatic carbocycles. The Balaban J connectivity index is 1.95. The lowest BCUT2D eigenvalue weighted by molar-refractivity contribution is 0.0830. The quantitative estimate of drug-likeness (QED) is 0.913. The molecule has 1 N–H and O–H groups in total. The second kappa shape index (κ2) is 5.99. The molecule has 2 rings (SSSR count). The topological polar surface area (TPSA) is 64.4 Å². The summed E-state index contributed by atoms with van der Waals surface area (Å²) in [6.45, 7) is 4.19. The number of carbonyl (C=O) groups excluding carboxylic acids is 1. The summed E-state index contributed by atoms with van der Waals surface area (Å²) in [4.78, 5) is 14.1. The Bertz CT molecular complexity index is 562. The van der Waals surface area contributed by atoms with E-state index in [0.29, 0.717) is 12.3 Å². The van der Waals surface area contributed by atoms with E-state index in [-0.39, 0.29) is 17.7 Å². The molecule has 1 atom stereocenters. The molecule has 2 heterocycles. The summed E-state index contributed by atoms with van der Waals surface area (Å²) in [6, 6.07) is 5.65. The van der Waals surface area contributed by atoms with Crippen LogP contribution in [-0.2, 0) is 4.74 Å². The highest BCUT2D eigenvalue weighted by Gasteiger charge is 2.16. The van der Waals surface area contributed by atoms with Crippen LogP contribution in [0.15, 0.2) is 22.7 Å². The van der Waals surface area contributed by atoms with Crippen LogP contribution in [0.5, 0.6) is 0 Å². The molecule has 19 heavy (non-hydrogen) atoms. The molecule has 0 aromatic carbocycles. The van der Waals surface area contributed by atoms with E-state index in [0.717, 1.165) is 4.88 Å². The Hall–Kier alpha value is -1.66. The number of hydrogen-bond donors (Lipinski definition) is 1. The summed E-state index contributed by atoms with van der Waals surface area (Å²) in [7, 11) is 1.63. The maximum absolute atomic E-state index is 11.8. The van der Waals surface area contributed by atoms with Crippen molar-refractivity contribution in [2.75, 3.05) is 13.7 Å². The molecular formula is C13H16N2O3S. The van der Waals surface area contributed by atoms with E-state index < -0.39 is 0 Å². The SMILES string of the molecule is COC(CNC(=O)c1cc(C)on1)c1ccc(C)s1. The van der Waals surface area contributed by atoms with E-state index in [2.05, 4.69) is 10.5 Å². The predicted molar refractivity (Wildman–Crippen MR) is 72.4 cm³/mol. The van der Waals surface area contributed by atoms with Gasteiger partial charge in [-0.1, -0.05) is 5.16 Å². The third kappa shape index (κ3) is 3.42. The van der Waals surface area contributed by atoms with E-state index >= 15 is 0 Å². The molecule has 0 saturated carbocycles. The molecular weight excluding hydrogens is 264 g/mol. The number of thiophene rings is 1. The molecule has 0 aliphatic heterocycles. The van der Waals surface area contributed by atoms with Gasteiger partial charge in [0, 0.05) is 29.5 Å². The van der Waals surface area contributed by atoms with E-state index in [1.54, 1.807) is 31.4 Å². The van der Waals surface area contributed by atoms with Gasteiger partial charge in [-0.15, -0.1) is 11.3 Å². The van der Waals surface area contributed by atoms with Crippen LogP contribution in [-0.4, -0.2) is 24.7 Å². The number of aromatic nitrogens is 1. The van der Waals surface area contributed by atoms with Gasteiger partial charge in [-0.2, -0.15) is 0 Å². The maximum atomic E-state index is 11.8. The van der Waals surface area contributed by atoms with Gasteiger partial charge < -0.3 is 14.6 Å². The smallest absolute Gasteiger partial charge is 0.273 e. The third-order valence-corrected chi connectivity index (χ3v) is 3.76. The van der Waals surface area contributed by atoms with Crippen molar-refractivity contribution >= 4 is 17.2 Å². The zero-order valence-corrected chi connectivity index (χ0v) is 11.9. The summed E-state index contributed by atoms with van der Waals surface area (Å²) in [5.74, 6) is 0.356. The summed E-state index contributed by atoms with van der Waals surface area (Å²) < 4.78 is 10.3. The number of aryl methyl sites for hydroxylation is 2. The van der Waals surface area contributed by atoms with Gasteiger partial charge in [-0.25, -0.2) is 0 Å². The van der Waals surface area contributed by atoms with Crippen molar-refractivity contribution in [3.63, 3.8) is 0 Å². The molecule has 0 spiro atoms. The number of nitrogens with one attached hydrogen (secondary N) is 1. The van der Waals surface area contributed by atoms with Crippen LogP contribution in [0.4, 0.5) is 0 Å². The average molecular weight is 280 g/mol. The molecule has 0 fully saturated rings. The molecule has 2 aromatic rings. The lowest BCUT2D eigenvalue weighted by Crippen LogP contribution is -2.29. The van der Waals surface area contributed by atoms with Crippen LogP contribution in [0.1, 0.15) is 32.1 Å². The normalized spacial score (nSPS) is 12.4. The molecule has 0 radical (unpaired) electrons. The summed E-state index contributed by atoms with van der Waals surface area (Å²) in [6.07, 6.45) is -0.143. The minimum Gasteiger partial charge on any atom is -0.374 e. The highest BCUT2D eigenvalue weighted by atomic mass is 32.1. The number of rotatable bonds is 5. The van der Waals surface area contributed by atoms with Crippen molar-refractivity contribution in [3.05, 3.63) is 39.4 Å². The summed E-state index contributed by atoms with van der Waals surface area (Å²) >= 11 is 1.66. The van der Waals surface area contributed by atoms with Gasteiger partial charge in [0.15, 0.2) is 5.69 Å². The highest BCUT2D eigenvalue weighted by molar-refractivity contribution is 7.12. The molecule has 0 saturated heterocycles. The minimum absolute atomic E-state index is 0.143. The fourth-order valence-electron chi connectivity index (χ4n) is 1.68. The molecule has 5 nitrogen and oxygen atoms in total. The largest absolute Gasteiger partial charge is 0.374 e. The van der Waals surface area contributed by atoms with Crippen molar-refractivity contribution in [2.24, 2.45) is 0 Å². The number of nitrogens with zero attached hydrogens (tertiary/aromatic N) is 1. The van der Waals surface area contributed by atoms with Gasteiger partial charge in [-0.05, 0) is 26.0 Å². The van der Waals surface area contributed by atoms with Gasteiger partial charge in [0.2, 0.25) is 0 Å². The van der Waals surface area contributed by atoms with E-state index in [1.807, 2.05) is 19.1 Å². The first kappa shape index (κ1) is 13.8. The first-order valence-electron chi connectivity index (χ1n) is 5.91. The Morgan fingerprint density at radius 3 is 2.84 bits per heavy atom. The molecule has 2 aromatic heterocycles. The summed E-state index contributed by atoms with van der Waals surface area (Å²) in [5.41, 5.74) is 0.287. The van der Waals surface area contributed by atoms with Crippen LogP contribution in [0.3, 0.4) is 0 Å². The first-order chi connectivity index (χ1) is 9.10. The fourth-order valence-corrected chi connectivity index (χ4v) is 2.63. The number of hydrogen-bond acceptors (Lipinski definition) is 5. The molecule has 102 valence electrons. The zero-order valence-electron chi connectivity index (χ0n) is 11.1. The van der Waals surface area contributed by atoms with Crippen molar-refractivity contribution in [3.8, 4) is 0 Å². The number of carbonyl (C=O) groups is 1. The number of methoxy groups -OCH3 is 1. The van der Waals surface area contributed by atoms with Crippen molar-refractivity contribution in [1.82, 2.24) is 10.5 Å². The third-order valence-electron chi connectivity index (χ3n) is 2.67. The van der Waals surface area contributed by atoms with Gasteiger partial charge in [0.25, 0.3) is 5.91 Å². The Morgan fingerprint density at radius 2 is 2.32 bits per heavy atom. The lowest BCUT2D eigenvalue weighted by Gasteiger charge is -2.13. The van der Waals surface area contributed by atoms with Crippen LogP contribution in [0.25, 0.3) is 0 Å². The lowest BCUT2D eigenvalue weighted by atomic mass is 10.2. The average Bonchev–Trinajstić information content (AvgIpc) is 2.99. The van der Waals surface area contributed by atoms with Gasteiger partial charge in [0.05, 0.1) is 0 Å². The Morgan fingerprint density at radius 1 is 1.53 bits per heavy atom. The second-order valence-electron chi connectivity index (χ2n) is 4.21. The molecule has 0 aliphatic rings. The monoisotopic (exact) mass is 280 g/mol.